The van der Waals surface area contributed by atoms with E-state index < -0.39 is 0 Å². The largest absolute Gasteiger partial charge is 0.299 e. The minimum atomic E-state index is -0.136. The predicted octanol–water partition coefficient (Wildman–Crippen LogP) is 0.639. The molecule has 4 nitrogen and oxygen atoms in total. The van der Waals surface area contributed by atoms with Crippen LogP contribution in [0.2, 0.25) is 0 Å². The molecule has 0 fully saturated rings. The Morgan fingerprint density at radius 1 is 1.50 bits per heavy atom. The maximum absolute atomic E-state index is 11.3. The highest BCUT2D eigenvalue weighted by Crippen LogP contribution is 2.06. The lowest BCUT2D eigenvalue weighted by Crippen LogP contribution is -2.13. The second kappa shape index (κ2) is 2.20. The Kier molecular flexibility index (Phi) is 1.30. The van der Waals surface area contributed by atoms with E-state index in [2.05, 4.69) is 10.2 Å². The van der Waals surface area contributed by atoms with Crippen LogP contribution in [-0.4, -0.2) is 14.6 Å². The van der Waals surface area contributed by atoms with Crippen molar-refractivity contribution in [3.05, 3.63) is 34.0 Å². The molecular formula is C8H9N3O. The lowest BCUT2D eigenvalue weighted by atomic mass is 10.3. The zero-order chi connectivity index (χ0) is 8.72. The first-order valence-electron chi connectivity index (χ1n) is 3.73. The zero-order valence-corrected chi connectivity index (χ0v) is 6.96. The summed E-state index contributed by atoms with van der Waals surface area (Å²) in [5, 5.41) is 6.29. The summed E-state index contributed by atoms with van der Waals surface area (Å²) in [5.41, 5.74) is 1.52. The molecule has 12 heavy (non-hydrogen) atoms. The Bertz CT molecular complexity index is 480. The number of nitrogens with one attached hydrogen (secondary N) is 1. The minimum Gasteiger partial charge on any atom is -0.299 e. The molecular weight excluding hydrogens is 154 g/mol. The molecule has 62 valence electrons. The Morgan fingerprint density at radius 3 is 2.92 bits per heavy atom. The number of rotatable bonds is 0. The van der Waals surface area contributed by atoms with Gasteiger partial charge in [-0.25, -0.2) is 5.10 Å². The number of fused-ring (bicyclic) bond motifs is 1. The van der Waals surface area contributed by atoms with E-state index in [9.17, 15) is 4.79 Å². The average molecular weight is 163 g/mol. The van der Waals surface area contributed by atoms with Gasteiger partial charge in [-0.3, -0.25) is 9.20 Å². The molecule has 2 aromatic heterocycles. The molecule has 0 saturated carbocycles. The topological polar surface area (TPSA) is 50.2 Å². The van der Waals surface area contributed by atoms with Gasteiger partial charge in [0.25, 0.3) is 5.56 Å². The van der Waals surface area contributed by atoms with E-state index in [0.29, 0.717) is 5.52 Å². The molecule has 0 bridgehead atoms. The molecule has 0 aromatic carbocycles. The normalized spacial score (nSPS) is 10.8. The standard InChI is InChI=1S/C8H9N3O/c1-5-3-4-11-6(2)9-10-8(12)7(5)11/h3-4H,1-2H3,(H,10,12). The molecule has 0 saturated heterocycles. The maximum Gasteiger partial charge on any atom is 0.288 e. The fourth-order valence-electron chi connectivity index (χ4n) is 1.33. The molecule has 0 unspecified atom stereocenters. The SMILES string of the molecule is Cc1ccn2c(C)n[nH]c(=O)c12. The lowest BCUT2D eigenvalue weighted by molar-refractivity contribution is 0.860. The van der Waals surface area contributed by atoms with Gasteiger partial charge in [0.05, 0.1) is 0 Å². The third kappa shape index (κ3) is 0.777. The van der Waals surface area contributed by atoms with Crippen LogP contribution in [0.3, 0.4) is 0 Å². The van der Waals surface area contributed by atoms with Gasteiger partial charge < -0.3 is 0 Å². The summed E-state index contributed by atoms with van der Waals surface area (Å²) >= 11 is 0. The first-order valence-corrected chi connectivity index (χ1v) is 3.73. The van der Waals surface area contributed by atoms with E-state index in [1.54, 1.807) is 4.40 Å². The summed E-state index contributed by atoms with van der Waals surface area (Å²) < 4.78 is 1.79. The van der Waals surface area contributed by atoms with Crippen LogP contribution < -0.4 is 5.56 Å². The smallest absolute Gasteiger partial charge is 0.288 e. The van der Waals surface area contributed by atoms with Crippen molar-refractivity contribution < 1.29 is 0 Å². The van der Waals surface area contributed by atoms with Gasteiger partial charge >= 0.3 is 0 Å². The molecule has 0 radical (unpaired) electrons. The van der Waals surface area contributed by atoms with Crippen molar-refractivity contribution in [2.45, 2.75) is 13.8 Å². The first kappa shape index (κ1) is 7.09. The molecule has 0 aliphatic carbocycles. The van der Waals surface area contributed by atoms with E-state index >= 15 is 0 Å². The number of aromatic nitrogens is 3. The van der Waals surface area contributed by atoms with Gasteiger partial charge in [-0.1, -0.05) is 0 Å². The Morgan fingerprint density at radius 2 is 2.25 bits per heavy atom. The quantitative estimate of drug-likeness (QED) is 0.619. The molecule has 2 aromatic rings. The van der Waals surface area contributed by atoms with Crippen LogP contribution in [0.5, 0.6) is 0 Å². The van der Waals surface area contributed by atoms with Crippen molar-refractivity contribution in [3.8, 4) is 0 Å². The van der Waals surface area contributed by atoms with Crippen LogP contribution in [0.25, 0.3) is 5.52 Å². The third-order valence-electron chi connectivity index (χ3n) is 1.97. The molecule has 0 atom stereocenters. The molecule has 0 amide bonds. The molecule has 1 N–H and O–H groups in total. The second-order valence-electron chi connectivity index (χ2n) is 2.82. The molecule has 0 aliphatic heterocycles. The third-order valence-corrected chi connectivity index (χ3v) is 1.97. The van der Waals surface area contributed by atoms with Crippen LogP contribution in [0.1, 0.15) is 11.4 Å². The number of nitrogens with zero attached hydrogens (tertiary/aromatic N) is 2. The van der Waals surface area contributed by atoms with Crippen molar-refractivity contribution in [2.75, 3.05) is 0 Å². The highest BCUT2D eigenvalue weighted by molar-refractivity contribution is 5.53. The van der Waals surface area contributed by atoms with Crippen LogP contribution in [-0.2, 0) is 0 Å². The fraction of sp³-hybridized carbons (Fsp3) is 0.250. The number of H-pyrrole nitrogens is 1. The molecule has 0 aliphatic rings. The highest BCUT2D eigenvalue weighted by Gasteiger charge is 2.04. The van der Waals surface area contributed by atoms with E-state index in [0.717, 1.165) is 11.4 Å². The predicted molar refractivity (Wildman–Crippen MR) is 45.3 cm³/mol. The summed E-state index contributed by atoms with van der Waals surface area (Å²) in [4.78, 5) is 11.3. The van der Waals surface area contributed by atoms with Crippen LogP contribution in [0, 0.1) is 13.8 Å². The number of hydrogen-bond donors (Lipinski definition) is 1. The van der Waals surface area contributed by atoms with Gasteiger partial charge in [-0.15, -0.1) is 0 Å². The van der Waals surface area contributed by atoms with Gasteiger partial charge in [0, 0.05) is 6.20 Å². The summed E-state index contributed by atoms with van der Waals surface area (Å²) in [6.45, 7) is 3.76. The Balaban J connectivity index is 3.09. The fourth-order valence-corrected chi connectivity index (χ4v) is 1.33. The monoisotopic (exact) mass is 163 g/mol. The average Bonchev–Trinajstić information content (AvgIpc) is 2.42. The lowest BCUT2D eigenvalue weighted by Gasteiger charge is -1.97. The van der Waals surface area contributed by atoms with Crippen molar-refractivity contribution >= 4 is 5.52 Å². The van der Waals surface area contributed by atoms with Crippen molar-refractivity contribution in [3.63, 3.8) is 0 Å². The highest BCUT2D eigenvalue weighted by atomic mass is 16.1. The van der Waals surface area contributed by atoms with Crippen LogP contribution in [0.4, 0.5) is 0 Å². The maximum atomic E-state index is 11.3. The van der Waals surface area contributed by atoms with E-state index in [1.165, 1.54) is 0 Å². The van der Waals surface area contributed by atoms with E-state index in [1.807, 2.05) is 26.1 Å². The van der Waals surface area contributed by atoms with Gasteiger partial charge in [0.2, 0.25) is 0 Å². The number of aromatic amines is 1. The zero-order valence-electron chi connectivity index (χ0n) is 6.96. The second-order valence-corrected chi connectivity index (χ2v) is 2.82. The summed E-state index contributed by atoms with van der Waals surface area (Å²) in [7, 11) is 0. The molecule has 0 spiro atoms. The van der Waals surface area contributed by atoms with Crippen molar-refractivity contribution in [1.82, 2.24) is 14.6 Å². The van der Waals surface area contributed by atoms with Crippen molar-refractivity contribution in [1.29, 1.82) is 0 Å². The van der Waals surface area contributed by atoms with E-state index in [4.69, 9.17) is 0 Å². The van der Waals surface area contributed by atoms with Crippen LogP contribution >= 0.6 is 0 Å². The number of hydrogen-bond acceptors (Lipinski definition) is 2. The molecule has 2 rings (SSSR count). The van der Waals surface area contributed by atoms with E-state index in [-0.39, 0.29) is 5.56 Å². The van der Waals surface area contributed by atoms with Crippen LogP contribution in [0.15, 0.2) is 17.1 Å². The first-order chi connectivity index (χ1) is 5.70. The molecule has 4 heteroatoms. The van der Waals surface area contributed by atoms with Gasteiger partial charge in [0.1, 0.15) is 11.3 Å². The summed E-state index contributed by atoms with van der Waals surface area (Å²) in [6, 6.07) is 1.90. The van der Waals surface area contributed by atoms with Gasteiger partial charge in [0.15, 0.2) is 0 Å². The van der Waals surface area contributed by atoms with Crippen molar-refractivity contribution in [2.24, 2.45) is 0 Å². The Labute approximate surface area is 68.8 Å². The molecule has 2 heterocycles. The summed E-state index contributed by atoms with van der Waals surface area (Å²) in [5.74, 6) is 0.790. The Hall–Kier alpha value is -1.58. The van der Waals surface area contributed by atoms with Gasteiger partial charge in [-0.2, -0.15) is 5.10 Å². The van der Waals surface area contributed by atoms with Gasteiger partial charge in [-0.05, 0) is 25.5 Å². The number of aryl methyl sites for hydroxylation is 2. The summed E-state index contributed by atoms with van der Waals surface area (Å²) in [6.07, 6.45) is 1.85. The minimum absolute atomic E-state index is 0.136.